The standard InChI is InChI=1S/C16H21FN2O4/c1-10(22-9-12-3-4-12)15(20)18-19-16(21)11(2)23-14-7-5-13(17)6-8-14/h5-8,10-12H,3-4,9H2,1-2H3,(H,18,20)(H,19,21). The lowest BCUT2D eigenvalue weighted by atomic mass is 10.3. The largest absolute Gasteiger partial charge is 0.481 e. The number of halogens is 1. The highest BCUT2D eigenvalue weighted by Gasteiger charge is 2.24. The lowest BCUT2D eigenvalue weighted by molar-refractivity contribution is -0.138. The molecule has 0 saturated heterocycles. The quantitative estimate of drug-likeness (QED) is 0.746. The van der Waals surface area contributed by atoms with Gasteiger partial charge in [-0.15, -0.1) is 0 Å². The number of ether oxygens (including phenoxy) is 2. The summed E-state index contributed by atoms with van der Waals surface area (Å²) in [5, 5.41) is 0. The molecule has 2 atom stereocenters. The van der Waals surface area contributed by atoms with Gasteiger partial charge >= 0.3 is 0 Å². The Morgan fingerprint density at radius 2 is 1.70 bits per heavy atom. The van der Waals surface area contributed by atoms with Crippen molar-refractivity contribution in [3.05, 3.63) is 30.1 Å². The predicted molar refractivity (Wildman–Crippen MR) is 80.9 cm³/mol. The van der Waals surface area contributed by atoms with Gasteiger partial charge in [0.15, 0.2) is 6.10 Å². The number of hydrazine groups is 1. The van der Waals surface area contributed by atoms with Gasteiger partial charge in [-0.05, 0) is 56.9 Å². The van der Waals surface area contributed by atoms with E-state index in [4.69, 9.17) is 9.47 Å². The average molecular weight is 324 g/mol. The van der Waals surface area contributed by atoms with Crippen molar-refractivity contribution in [1.82, 2.24) is 10.9 Å². The monoisotopic (exact) mass is 324 g/mol. The highest BCUT2D eigenvalue weighted by Crippen LogP contribution is 2.29. The average Bonchev–Trinajstić information content (AvgIpc) is 3.36. The van der Waals surface area contributed by atoms with Crippen LogP contribution in [0.15, 0.2) is 24.3 Å². The molecule has 1 fully saturated rings. The maximum atomic E-state index is 12.8. The van der Waals surface area contributed by atoms with Crippen LogP contribution in [0.1, 0.15) is 26.7 Å². The zero-order valence-corrected chi connectivity index (χ0v) is 13.2. The molecule has 23 heavy (non-hydrogen) atoms. The van der Waals surface area contributed by atoms with Crippen LogP contribution in [0.4, 0.5) is 4.39 Å². The van der Waals surface area contributed by atoms with Crippen LogP contribution in [0, 0.1) is 11.7 Å². The van der Waals surface area contributed by atoms with Gasteiger partial charge in [0.2, 0.25) is 0 Å². The van der Waals surface area contributed by atoms with Crippen molar-refractivity contribution in [2.75, 3.05) is 6.61 Å². The molecule has 0 heterocycles. The molecule has 0 aromatic heterocycles. The summed E-state index contributed by atoms with van der Waals surface area (Å²) in [6.07, 6.45) is 0.805. The molecule has 126 valence electrons. The molecule has 0 spiro atoms. The van der Waals surface area contributed by atoms with Crippen LogP contribution in [0.3, 0.4) is 0 Å². The van der Waals surface area contributed by atoms with Crippen LogP contribution < -0.4 is 15.6 Å². The number of nitrogens with one attached hydrogen (secondary N) is 2. The van der Waals surface area contributed by atoms with Gasteiger partial charge in [-0.25, -0.2) is 4.39 Å². The number of hydrogen-bond acceptors (Lipinski definition) is 4. The number of benzene rings is 1. The summed E-state index contributed by atoms with van der Waals surface area (Å²) in [5.74, 6) is -0.405. The Bertz CT molecular complexity index is 546. The van der Waals surface area contributed by atoms with Crippen molar-refractivity contribution in [3.8, 4) is 5.75 Å². The van der Waals surface area contributed by atoms with E-state index in [1.54, 1.807) is 6.92 Å². The first kappa shape index (κ1) is 17.2. The number of amides is 2. The topological polar surface area (TPSA) is 76.7 Å². The minimum atomic E-state index is -0.844. The maximum absolute atomic E-state index is 12.8. The zero-order chi connectivity index (χ0) is 16.8. The van der Waals surface area contributed by atoms with Crippen LogP contribution >= 0.6 is 0 Å². The molecule has 2 N–H and O–H groups in total. The molecule has 0 bridgehead atoms. The van der Waals surface area contributed by atoms with E-state index in [0.29, 0.717) is 18.3 Å². The van der Waals surface area contributed by atoms with Crippen molar-refractivity contribution in [3.63, 3.8) is 0 Å². The summed E-state index contributed by atoms with van der Waals surface area (Å²) in [5.41, 5.74) is 4.58. The molecule has 1 aromatic carbocycles. The molecule has 1 aliphatic rings. The Kier molecular flexibility index (Phi) is 5.92. The molecule has 0 radical (unpaired) electrons. The van der Waals surface area contributed by atoms with Gasteiger partial charge in [0.1, 0.15) is 17.7 Å². The third-order valence-corrected chi connectivity index (χ3v) is 3.45. The van der Waals surface area contributed by atoms with Gasteiger partial charge < -0.3 is 9.47 Å². The summed E-state index contributed by atoms with van der Waals surface area (Å²) in [6, 6.07) is 5.32. The van der Waals surface area contributed by atoms with E-state index in [0.717, 1.165) is 12.8 Å². The molecule has 1 saturated carbocycles. The first-order chi connectivity index (χ1) is 11.0. The maximum Gasteiger partial charge on any atom is 0.279 e. The molecule has 1 aliphatic carbocycles. The van der Waals surface area contributed by atoms with Gasteiger partial charge in [0.25, 0.3) is 11.8 Å². The van der Waals surface area contributed by atoms with E-state index >= 15 is 0 Å². The Morgan fingerprint density at radius 3 is 2.26 bits per heavy atom. The van der Waals surface area contributed by atoms with Crippen molar-refractivity contribution < 1.29 is 23.5 Å². The fraction of sp³-hybridized carbons (Fsp3) is 0.500. The van der Waals surface area contributed by atoms with E-state index in [2.05, 4.69) is 10.9 Å². The van der Waals surface area contributed by atoms with Crippen LogP contribution in [-0.2, 0) is 14.3 Å². The third kappa shape index (κ3) is 5.86. The SMILES string of the molecule is CC(OCC1CC1)C(=O)NNC(=O)C(C)Oc1ccc(F)cc1. The number of hydrogen-bond donors (Lipinski definition) is 2. The Balaban J connectivity index is 1.69. The van der Waals surface area contributed by atoms with E-state index in [-0.39, 0.29) is 5.82 Å². The van der Waals surface area contributed by atoms with E-state index in [1.165, 1.54) is 31.2 Å². The molecule has 1 aromatic rings. The minimum Gasteiger partial charge on any atom is -0.481 e. The van der Waals surface area contributed by atoms with Gasteiger partial charge in [0.05, 0.1) is 6.61 Å². The normalized spacial score (nSPS) is 16.3. The molecule has 2 amide bonds. The Morgan fingerprint density at radius 1 is 1.13 bits per heavy atom. The van der Waals surface area contributed by atoms with Gasteiger partial charge in [-0.3, -0.25) is 20.4 Å². The van der Waals surface area contributed by atoms with Gasteiger partial charge in [0, 0.05) is 0 Å². The Hall–Kier alpha value is -2.15. The van der Waals surface area contributed by atoms with Gasteiger partial charge in [-0.2, -0.15) is 0 Å². The fourth-order valence-electron chi connectivity index (χ4n) is 1.74. The van der Waals surface area contributed by atoms with Crippen LogP contribution in [-0.4, -0.2) is 30.6 Å². The predicted octanol–water partition coefficient (Wildman–Crippen LogP) is 1.56. The van der Waals surface area contributed by atoms with Crippen molar-refractivity contribution in [2.24, 2.45) is 5.92 Å². The fourth-order valence-corrected chi connectivity index (χ4v) is 1.74. The first-order valence-electron chi connectivity index (χ1n) is 7.59. The molecular formula is C16H21FN2O4. The van der Waals surface area contributed by atoms with E-state index in [1.807, 2.05) is 0 Å². The second-order valence-corrected chi connectivity index (χ2v) is 5.61. The smallest absolute Gasteiger partial charge is 0.279 e. The van der Waals surface area contributed by atoms with Crippen molar-refractivity contribution in [1.29, 1.82) is 0 Å². The summed E-state index contributed by atoms with van der Waals surface area (Å²) < 4.78 is 23.5. The molecule has 2 unspecified atom stereocenters. The molecule has 0 aliphatic heterocycles. The summed E-state index contributed by atoms with van der Waals surface area (Å²) in [6.45, 7) is 3.72. The molecule has 2 rings (SSSR count). The molecule has 7 heteroatoms. The summed E-state index contributed by atoms with van der Waals surface area (Å²) >= 11 is 0. The number of carbonyl (C=O) groups is 2. The summed E-state index contributed by atoms with van der Waals surface area (Å²) in [7, 11) is 0. The lowest BCUT2D eigenvalue weighted by Gasteiger charge is -2.17. The van der Waals surface area contributed by atoms with Crippen molar-refractivity contribution >= 4 is 11.8 Å². The second-order valence-electron chi connectivity index (χ2n) is 5.61. The molecular weight excluding hydrogens is 303 g/mol. The lowest BCUT2D eigenvalue weighted by Crippen LogP contribution is -2.50. The summed E-state index contributed by atoms with van der Waals surface area (Å²) in [4.78, 5) is 23.6. The first-order valence-corrected chi connectivity index (χ1v) is 7.59. The van der Waals surface area contributed by atoms with Crippen LogP contribution in [0.25, 0.3) is 0 Å². The highest BCUT2D eigenvalue weighted by molar-refractivity contribution is 5.86. The van der Waals surface area contributed by atoms with Gasteiger partial charge in [-0.1, -0.05) is 0 Å². The van der Waals surface area contributed by atoms with Crippen molar-refractivity contribution in [2.45, 2.75) is 38.9 Å². The third-order valence-electron chi connectivity index (χ3n) is 3.45. The molecule has 6 nitrogen and oxygen atoms in total. The number of carbonyl (C=O) groups excluding carboxylic acids is 2. The second kappa shape index (κ2) is 7.92. The Labute approximate surface area is 134 Å². The van der Waals surface area contributed by atoms with E-state index < -0.39 is 24.0 Å². The van der Waals surface area contributed by atoms with Crippen LogP contribution in [0.2, 0.25) is 0 Å². The van der Waals surface area contributed by atoms with E-state index in [9.17, 15) is 14.0 Å². The zero-order valence-electron chi connectivity index (χ0n) is 13.2. The highest BCUT2D eigenvalue weighted by atomic mass is 19.1. The minimum absolute atomic E-state index is 0.363. The van der Waals surface area contributed by atoms with Crippen LogP contribution in [0.5, 0.6) is 5.75 Å². The number of rotatable bonds is 7.